The molecule has 1 N–H and O–H groups in total. The summed E-state index contributed by atoms with van der Waals surface area (Å²) in [5.41, 5.74) is 1.56. The van der Waals surface area contributed by atoms with Crippen molar-refractivity contribution in [1.82, 2.24) is 0 Å². The lowest BCUT2D eigenvalue weighted by Gasteiger charge is -2.05. The molecule has 0 atom stereocenters. The van der Waals surface area contributed by atoms with Crippen molar-refractivity contribution in [2.24, 2.45) is 0 Å². The van der Waals surface area contributed by atoms with Gasteiger partial charge in [-0.3, -0.25) is 4.79 Å². The van der Waals surface area contributed by atoms with Gasteiger partial charge in [0, 0.05) is 0 Å². The van der Waals surface area contributed by atoms with Gasteiger partial charge in [0.1, 0.15) is 6.42 Å². The maximum atomic E-state index is 11.1. The summed E-state index contributed by atoms with van der Waals surface area (Å²) >= 11 is 5.88. The van der Waals surface area contributed by atoms with Gasteiger partial charge in [0.15, 0.2) is 0 Å². The summed E-state index contributed by atoms with van der Waals surface area (Å²) in [7, 11) is 0. The normalized spacial score (nSPS) is 9.21. The second-order valence-corrected chi connectivity index (χ2v) is 3.27. The fraction of sp³-hybridized carbons (Fsp3) is 0.200. The molecule has 4 heteroatoms. The van der Waals surface area contributed by atoms with E-state index in [0.29, 0.717) is 10.7 Å². The molecular formula is C10H9ClN2O. The first-order chi connectivity index (χ1) is 6.63. The van der Waals surface area contributed by atoms with Gasteiger partial charge in [0.25, 0.3) is 0 Å². The lowest BCUT2D eigenvalue weighted by atomic mass is 10.2. The van der Waals surface area contributed by atoms with E-state index in [4.69, 9.17) is 16.9 Å². The van der Waals surface area contributed by atoms with Crippen molar-refractivity contribution in [1.29, 1.82) is 5.26 Å². The van der Waals surface area contributed by atoms with Gasteiger partial charge in [-0.25, -0.2) is 0 Å². The molecule has 1 aromatic rings. The molecule has 1 amide bonds. The van der Waals surface area contributed by atoms with Crippen molar-refractivity contribution in [2.45, 2.75) is 13.3 Å². The van der Waals surface area contributed by atoms with E-state index in [2.05, 4.69) is 5.32 Å². The number of hydrogen-bond acceptors (Lipinski definition) is 2. The average Bonchev–Trinajstić information content (AvgIpc) is 2.10. The molecular weight excluding hydrogens is 200 g/mol. The first-order valence-corrected chi connectivity index (χ1v) is 4.44. The molecule has 0 radical (unpaired) electrons. The lowest BCUT2D eigenvalue weighted by Crippen LogP contribution is -2.10. The minimum absolute atomic E-state index is 0.162. The van der Waals surface area contributed by atoms with Crippen LogP contribution in [0.2, 0.25) is 5.02 Å². The summed E-state index contributed by atoms with van der Waals surface area (Å²) in [6, 6.07) is 7.07. The van der Waals surface area contributed by atoms with Crippen LogP contribution in [0.15, 0.2) is 18.2 Å². The molecule has 0 heterocycles. The number of aryl methyl sites for hydroxylation is 1. The predicted molar refractivity (Wildman–Crippen MR) is 55.0 cm³/mol. The van der Waals surface area contributed by atoms with Crippen LogP contribution in [0, 0.1) is 18.3 Å². The molecule has 0 bridgehead atoms. The van der Waals surface area contributed by atoms with Crippen LogP contribution in [0.25, 0.3) is 0 Å². The third kappa shape index (κ3) is 2.75. The van der Waals surface area contributed by atoms with Crippen LogP contribution in [0.1, 0.15) is 12.0 Å². The molecule has 0 saturated carbocycles. The van der Waals surface area contributed by atoms with Crippen molar-refractivity contribution in [2.75, 3.05) is 5.32 Å². The number of nitriles is 1. The molecule has 3 nitrogen and oxygen atoms in total. The van der Waals surface area contributed by atoms with Gasteiger partial charge in [-0.05, 0) is 24.6 Å². The van der Waals surface area contributed by atoms with E-state index in [1.807, 2.05) is 13.0 Å². The quantitative estimate of drug-likeness (QED) is 0.812. The SMILES string of the molecule is Cc1ccc(NC(=O)CC#N)c(Cl)c1. The topological polar surface area (TPSA) is 52.9 Å². The highest BCUT2D eigenvalue weighted by Crippen LogP contribution is 2.22. The van der Waals surface area contributed by atoms with E-state index in [9.17, 15) is 4.79 Å². The molecule has 1 aromatic carbocycles. The van der Waals surface area contributed by atoms with Crippen LogP contribution in [0.4, 0.5) is 5.69 Å². The minimum atomic E-state index is -0.349. The van der Waals surface area contributed by atoms with E-state index >= 15 is 0 Å². The van der Waals surface area contributed by atoms with Crippen molar-refractivity contribution in [3.8, 4) is 6.07 Å². The zero-order chi connectivity index (χ0) is 10.6. The summed E-state index contributed by atoms with van der Waals surface area (Å²) in [6.45, 7) is 1.91. The number of nitrogens with zero attached hydrogens (tertiary/aromatic N) is 1. The molecule has 1 rings (SSSR count). The second-order valence-electron chi connectivity index (χ2n) is 2.87. The predicted octanol–water partition coefficient (Wildman–Crippen LogP) is 2.50. The number of rotatable bonds is 2. The Hall–Kier alpha value is -1.53. The number of carbonyl (C=O) groups is 1. The van der Waals surface area contributed by atoms with Gasteiger partial charge in [-0.1, -0.05) is 17.7 Å². The molecule has 0 aliphatic heterocycles. The second kappa shape index (κ2) is 4.64. The van der Waals surface area contributed by atoms with Crippen molar-refractivity contribution in [3.05, 3.63) is 28.8 Å². The molecule has 72 valence electrons. The number of halogens is 1. The number of nitrogens with one attached hydrogen (secondary N) is 1. The van der Waals surface area contributed by atoms with Crippen molar-refractivity contribution >= 4 is 23.2 Å². The van der Waals surface area contributed by atoms with Gasteiger partial charge in [0.05, 0.1) is 16.8 Å². The zero-order valence-electron chi connectivity index (χ0n) is 7.67. The van der Waals surface area contributed by atoms with E-state index < -0.39 is 0 Å². The highest BCUT2D eigenvalue weighted by atomic mass is 35.5. The molecule has 0 aromatic heterocycles. The molecule has 0 saturated heterocycles. The monoisotopic (exact) mass is 208 g/mol. The van der Waals surface area contributed by atoms with Crippen molar-refractivity contribution < 1.29 is 4.79 Å². The Bertz CT molecular complexity index is 396. The Balaban J connectivity index is 2.78. The highest BCUT2D eigenvalue weighted by molar-refractivity contribution is 6.33. The largest absolute Gasteiger partial charge is 0.324 e. The van der Waals surface area contributed by atoms with Crippen LogP contribution >= 0.6 is 11.6 Å². The van der Waals surface area contributed by atoms with E-state index in [0.717, 1.165) is 5.56 Å². The molecule has 0 spiro atoms. The summed E-state index contributed by atoms with van der Waals surface area (Å²) < 4.78 is 0. The fourth-order valence-corrected chi connectivity index (χ4v) is 1.27. The van der Waals surface area contributed by atoms with Crippen LogP contribution in [-0.4, -0.2) is 5.91 Å². The number of hydrogen-bond donors (Lipinski definition) is 1. The Morgan fingerprint density at radius 1 is 1.64 bits per heavy atom. The fourth-order valence-electron chi connectivity index (χ4n) is 0.988. The van der Waals surface area contributed by atoms with Gasteiger partial charge in [-0.15, -0.1) is 0 Å². The summed E-state index contributed by atoms with van der Waals surface area (Å²) in [5.74, 6) is -0.349. The molecule has 14 heavy (non-hydrogen) atoms. The van der Waals surface area contributed by atoms with Crippen LogP contribution in [-0.2, 0) is 4.79 Å². The first-order valence-electron chi connectivity index (χ1n) is 4.06. The van der Waals surface area contributed by atoms with E-state index in [1.54, 1.807) is 18.2 Å². The van der Waals surface area contributed by atoms with Gasteiger partial charge >= 0.3 is 0 Å². The average molecular weight is 209 g/mol. The van der Waals surface area contributed by atoms with E-state index in [1.165, 1.54) is 0 Å². The van der Waals surface area contributed by atoms with Crippen LogP contribution in [0.3, 0.4) is 0 Å². The maximum Gasteiger partial charge on any atom is 0.238 e. The first kappa shape index (κ1) is 10.6. The molecule has 0 aliphatic rings. The maximum absolute atomic E-state index is 11.1. The number of benzene rings is 1. The van der Waals surface area contributed by atoms with Crippen LogP contribution in [0.5, 0.6) is 0 Å². The number of carbonyl (C=O) groups excluding carboxylic acids is 1. The molecule has 0 aliphatic carbocycles. The Morgan fingerprint density at radius 3 is 2.93 bits per heavy atom. The molecule has 0 fully saturated rings. The summed E-state index contributed by atoms with van der Waals surface area (Å²) in [5, 5.41) is 11.3. The minimum Gasteiger partial charge on any atom is -0.324 e. The zero-order valence-corrected chi connectivity index (χ0v) is 8.43. The van der Waals surface area contributed by atoms with Gasteiger partial charge < -0.3 is 5.32 Å². The number of amides is 1. The van der Waals surface area contributed by atoms with Gasteiger partial charge in [0.2, 0.25) is 5.91 Å². The molecule has 0 unspecified atom stereocenters. The van der Waals surface area contributed by atoms with Gasteiger partial charge in [-0.2, -0.15) is 5.26 Å². The third-order valence-corrected chi connectivity index (χ3v) is 1.95. The Morgan fingerprint density at radius 2 is 2.36 bits per heavy atom. The smallest absolute Gasteiger partial charge is 0.238 e. The lowest BCUT2D eigenvalue weighted by molar-refractivity contribution is -0.115. The Kier molecular flexibility index (Phi) is 3.49. The van der Waals surface area contributed by atoms with Crippen LogP contribution < -0.4 is 5.32 Å². The van der Waals surface area contributed by atoms with E-state index in [-0.39, 0.29) is 12.3 Å². The standard InChI is InChI=1S/C10H9ClN2O/c1-7-2-3-9(8(11)6-7)13-10(14)4-5-12/h2-3,6H,4H2,1H3,(H,13,14). The van der Waals surface area contributed by atoms with Crippen molar-refractivity contribution in [3.63, 3.8) is 0 Å². The Labute approximate surface area is 87.3 Å². The third-order valence-electron chi connectivity index (χ3n) is 1.64. The summed E-state index contributed by atoms with van der Waals surface area (Å²) in [4.78, 5) is 11.1. The highest BCUT2D eigenvalue weighted by Gasteiger charge is 2.04. The summed E-state index contributed by atoms with van der Waals surface area (Å²) in [6.07, 6.45) is -0.162. The number of anilines is 1.